The Morgan fingerprint density at radius 1 is 1.03 bits per heavy atom. The number of hydrogen-bond donors (Lipinski definition) is 1. The molecule has 6 heteroatoms. The zero-order valence-corrected chi connectivity index (χ0v) is 17.2. The third-order valence-corrected chi connectivity index (χ3v) is 5.80. The maximum atomic E-state index is 13.0. The predicted molar refractivity (Wildman–Crippen MR) is 116 cm³/mol. The number of methoxy groups -OCH3 is 1. The van der Waals surface area contributed by atoms with Crippen LogP contribution >= 0.6 is 0 Å². The maximum Gasteiger partial charge on any atom is 0.265 e. The highest BCUT2D eigenvalue weighted by atomic mass is 16.5. The van der Waals surface area contributed by atoms with Crippen LogP contribution in [0.15, 0.2) is 91.5 Å². The van der Waals surface area contributed by atoms with Gasteiger partial charge in [0.1, 0.15) is 17.5 Å². The summed E-state index contributed by atoms with van der Waals surface area (Å²) in [7, 11) is 1.61. The fourth-order valence-corrected chi connectivity index (χ4v) is 4.18. The van der Waals surface area contributed by atoms with Gasteiger partial charge in [-0.05, 0) is 47.5 Å². The lowest BCUT2D eigenvalue weighted by molar-refractivity contribution is -0.725. The highest BCUT2D eigenvalue weighted by Gasteiger charge is 2.37. The standard InChI is InChI=1S/C25H22N4O2/c1-31-21-13-11-18(12-14-21)25(30)27-24-22-10-6-5-7-19(22)15-23(24)28-16-26-29(17-28)20-8-3-2-4-9-20/h2-14,16-17,23-24H,15H2,1H3/p+1/t23?,24-/m1/s1. The molecule has 154 valence electrons. The lowest BCUT2D eigenvalue weighted by atomic mass is 10.1. The van der Waals surface area contributed by atoms with Crippen molar-refractivity contribution in [2.45, 2.75) is 18.5 Å². The molecule has 0 saturated heterocycles. The van der Waals surface area contributed by atoms with E-state index in [1.165, 1.54) is 5.56 Å². The number of amides is 1. The van der Waals surface area contributed by atoms with Crippen LogP contribution in [0.5, 0.6) is 5.75 Å². The second-order valence-electron chi connectivity index (χ2n) is 7.62. The topological polar surface area (TPSA) is 60.0 Å². The number of rotatable bonds is 5. The van der Waals surface area contributed by atoms with Gasteiger partial charge in [-0.1, -0.05) is 47.1 Å². The van der Waals surface area contributed by atoms with Gasteiger partial charge >= 0.3 is 0 Å². The van der Waals surface area contributed by atoms with Gasteiger partial charge in [-0.15, -0.1) is 0 Å². The van der Waals surface area contributed by atoms with Gasteiger partial charge in [0.05, 0.1) is 13.2 Å². The van der Waals surface area contributed by atoms with Gasteiger partial charge in [0.15, 0.2) is 0 Å². The van der Waals surface area contributed by atoms with Gasteiger partial charge in [0.25, 0.3) is 12.2 Å². The summed E-state index contributed by atoms with van der Waals surface area (Å²) in [6.45, 7) is 0. The zero-order chi connectivity index (χ0) is 21.2. The second kappa shape index (κ2) is 8.07. The van der Waals surface area contributed by atoms with E-state index in [4.69, 9.17) is 4.74 Å². The fourth-order valence-electron chi connectivity index (χ4n) is 4.18. The average molecular weight is 411 g/mol. The molecule has 31 heavy (non-hydrogen) atoms. The summed E-state index contributed by atoms with van der Waals surface area (Å²) in [5, 5.41) is 7.79. The molecule has 0 spiro atoms. The highest BCUT2D eigenvalue weighted by Crippen LogP contribution is 2.36. The van der Waals surface area contributed by atoms with E-state index in [0.29, 0.717) is 5.56 Å². The van der Waals surface area contributed by atoms with Crippen molar-refractivity contribution >= 4 is 5.91 Å². The molecule has 3 aromatic carbocycles. The molecular formula is C25H23N4O2+. The van der Waals surface area contributed by atoms with Crippen LogP contribution in [0.1, 0.15) is 33.6 Å². The van der Waals surface area contributed by atoms with Crippen LogP contribution in [0.25, 0.3) is 5.69 Å². The smallest absolute Gasteiger partial charge is 0.265 e. The number of benzene rings is 3. The summed E-state index contributed by atoms with van der Waals surface area (Å²) in [4.78, 5) is 13.0. The Morgan fingerprint density at radius 3 is 2.55 bits per heavy atom. The molecule has 0 radical (unpaired) electrons. The Morgan fingerprint density at radius 2 is 1.77 bits per heavy atom. The molecule has 1 heterocycles. The second-order valence-corrected chi connectivity index (χ2v) is 7.62. The maximum absolute atomic E-state index is 13.0. The minimum Gasteiger partial charge on any atom is -0.497 e. The van der Waals surface area contributed by atoms with Gasteiger partial charge < -0.3 is 10.1 Å². The first-order chi connectivity index (χ1) is 15.2. The van der Waals surface area contributed by atoms with E-state index >= 15 is 0 Å². The van der Waals surface area contributed by atoms with E-state index in [-0.39, 0.29) is 18.0 Å². The van der Waals surface area contributed by atoms with Gasteiger partial charge in [0, 0.05) is 17.1 Å². The molecule has 1 unspecified atom stereocenters. The van der Waals surface area contributed by atoms with Crippen molar-refractivity contribution in [3.05, 3.63) is 108 Å². The lowest BCUT2D eigenvalue weighted by Gasteiger charge is -2.20. The Kier molecular flexibility index (Phi) is 4.96. The van der Waals surface area contributed by atoms with E-state index in [1.54, 1.807) is 31.4 Å². The summed E-state index contributed by atoms with van der Waals surface area (Å²) in [6, 6.07) is 25.3. The quantitative estimate of drug-likeness (QED) is 0.512. The molecule has 0 fully saturated rings. The van der Waals surface area contributed by atoms with Crippen molar-refractivity contribution in [1.82, 2.24) is 15.1 Å². The van der Waals surface area contributed by atoms with E-state index < -0.39 is 0 Å². The fraction of sp³-hybridized carbons (Fsp3) is 0.160. The molecule has 5 rings (SSSR count). The number of hydrogen-bond acceptors (Lipinski definition) is 3. The molecule has 2 atom stereocenters. The molecule has 1 aliphatic carbocycles. The van der Waals surface area contributed by atoms with Crippen molar-refractivity contribution in [3.8, 4) is 11.4 Å². The van der Waals surface area contributed by atoms with Crippen LogP contribution in [0, 0.1) is 0 Å². The largest absolute Gasteiger partial charge is 0.497 e. The van der Waals surface area contributed by atoms with Crippen LogP contribution in [-0.4, -0.2) is 22.8 Å². The van der Waals surface area contributed by atoms with E-state index in [2.05, 4.69) is 27.1 Å². The first-order valence-electron chi connectivity index (χ1n) is 10.3. The molecule has 1 aromatic heterocycles. The van der Waals surface area contributed by atoms with Crippen LogP contribution in [-0.2, 0) is 6.42 Å². The number of carbonyl (C=O) groups excluding carboxylic acids is 1. The SMILES string of the molecule is COc1ccc(C(=O)N[C@@H]2c3ccccc3CC2[n+]2cnn(-c3ccccc3)c2)cc1. The Labute approximate surface area is 180 Å². The molecule has 1 aliphatic rings. The third-order valence-electron chi connectivity index (χ3n) is 5.80. The molecule has 0 aliphatic heterocycles. The van der Waals surface area contributed by atoms with Crippen molar-refractivity contribution in [3.63, 3.8) is 0 Å². The Balaban J connectivity index is 1.44. The first kappa shape index (κ1) is 19.1. The molecule has 0 bridgehead atoms. The molecule has 4 aromatic rings. The number of fused-ring (bicyclic) bond motifs is 1. The van der Waals surface area contributed by atoms with Crippen molar-refractivity contribution < 1.29 is 14.1 Å². The van der Waals surface area contributed by atoms with Gasteiger partial charge in [-0.2, -0.15) is 0 Å². The Bertz CT molecular complexity index is 1200. The molecule has 0 saturated carbocycles. The summed E-state index contributed by atoms with van der Waals surface area (Å²) >= 11 is 0. The lowest BCUT2D eigenvalue weighted by Crippen LogP contribution is -2.45. The first-order valence-corrected chi connectivity index (χ1v) is 10.3. The molecular weight excluding hydrogens is 388 g/mol. The summed E-state index contributed by atoms with van der Waals surface area (Å²) in [6.07, 6.45) is 4.64. The van der Waals surface area contributed by atoms with Crippen LogP contribution < -0.4 is 14.6 Å². The number of carbonyl (C=O) groups is 1. The molecule has 1 amide bonds. The number of para-hydroxylation sites is 1. The minimum atomic E-state index is -0.149. The highest BCUT2D eigenvalue weighted by molar-refractivity contribution is 5.94. The molecule has 6 nitrogen and oxygen atoms in total. The average Bonchev–Trinajstić information content (AvgIpc) is 3.45. The van der Waals surface area contributed by atoms with Crippen molar-refractivity contribution in [1.29, 1.82) is 0 Å². The van der Waals surface area contributed by atoms with E-state index in [9.17, 15) is 4.79 Å². The van der Waals surface area contributed by atoms with Crippen molar-refractivity contribution in [2.75, 3.05) is 7.11 Å². The van der Waals surface area contributed by atoms with Crippen LogP contribution in [0.4, 0.5) is 0 Å². The van der Waals surface area contributed by atoms with Gasteiger partial charge in [-0.3, -0.25) is 4.79 Å². The van der Waals surface area contributed by atoms with Crippen LogP contribution in [0.3, 0.4) is 0 Å². The number of aromatic nitrogens is 3. The monoisotopic (exact) mass is 411 g/mol. The normalized spacial score (nSPS) is 17.2. The summed E-state index contributed by atoms with van der Waals surface area (Å²) in [5.41, 5.74) is 3.99. The summed E-state index contributed by atoms with van der Waals surface area (Å²) in [5.74, 6) is 0.620. The zero-order valence-electron chi connectivity index (χ0n) is 17.2. The van der Waals surface area contributed by atoms with E-state index in [0.717, 1.165) is 23.4 Å². The van der Waals surface area contributed by atoms with Crippen molar-refractivity contribution in [2.24, 2.45) is 0 Å². The van der Waals surface area contributed by atoms with E-state index in [1.807, 2.05) is 59.8 Å². The summed E-state index contributed by atoms with van der Waals surface area (Å²) < 4.78 is 9.14. The third kappa shape index (κ3) is 3.68. The number of nitrogens with zero attached hydrogens (tertiary/aromatic N) is 3. The van der Waals surface area contributed by atoms with Gasteiger partial charge in [-0.25, -0.2) is 4.57 Å². The Hall–Kier alpha value is -3.93. The van der Waals surface area contributed by atoms with Gasteiger partial charge in [0.2, 0.25) is 6.33 Å². The minimum absolute atomic E-state index is 0.0389. The number of ether oxygens (including phenoxy) is 1. The number of nitrogens with one attached hydrogen (secondary N) is 1. The predicted octanol–water partition coefficient (Wildman–Crippen LogP) is 3.44. The molecule has 1 N–H and O–H groups in total. The van der Waals surface area contributed by atoms with Crippen LogP contribution in [0.2, 0.25) is 0 Å².